The van der Waals surface area contributed by atoms with Crippen molar-refractivity contribution in [3.8, 4) is 5.75 Å². The van der Waals surface area contributed by atoms with E-state index < -0.39 is 12.3 Å². The molecular weight excluding hydrogens is 468 g/mol. The monoisotopic (exact) mass is 494 g/mol. The molecule has 0 fully saturated rings. The van der Waals surface area contributed by atoms with Crippen LogP contribution < -0.4 is 4.74 Å². The zero-order valence-electron chi connectivity index (χ0n) is 19.4. The lowest BCUT2D eigenvalue weighted by Crippen LogP contribution is -2.21. The first kappa shape index (κ1) is 26.2. The van der Waals surface area contributed by atoms with E-state index in [1.165, 1.54) is 0 Å². The van der Waals surface area contributed by atoms with Crippen molar-refractivity contribution in [2.45, 2.75) is 13.2 Å². The van der Waals surface area contributed by atoms with E-state index in [2.05, 4.69) is 6.58 Å². The highest BCUT2D eigenvalue weighted by Gasteiger charge is 2.19. The first-order chi connectivity index (χ1) is 17.0. The van der Waals surface area contributed by atoms with Gasteiger partial charge in [0.05, 0.1) is 18.8 Å². The SMILES string of the molecule is C=Cc1ccc(OCCOC(C)OCCOC(=O)c2ccccc2C(=O)c2ccc(Cl)cc2)cc1. The highest BCUT2D eigenvalue weighted by Crippen LogP contribution is 2.18. The van der Waals surface area contributed by atoms with Crippen LogP contribution in [0.5, 0.6) is 5.75 Å². The molecule has 182 valence electrons. The molecular formula is C28H27ClO6. The van der Waals surface area contributed by atoms with Gasteiger partial charge in [-0.15, -0.1) is 0 Å². The summed E-state index contributed by atoms with van der Waals surface area (Å²) in [7, 11) is 0. The summed E-state index contributed by atoms with van der Waals surface area (Å²) in [6.07, 6.45) is 1.27. The van der Waals surface area contributed by atoms with Crippen molar-refractivity contribution in [1.82, 2.24) is 0 Å². The Hall–Kier alpha value is -3.45. The van der Waals surface area contributed by atoms with Gasteiger partial charge in [0, 0.05) is 16.1 Å². The van der Waals surface area contributed by atoms with Gasteiger partial charge in [-0.2, -0.15) is 0 Å². The highest BCUT2D eigenvalue weighted by molar-refractivity contribution is 6.30. The largest absolute Gasteiger partial charge is 0.491 e. The van der Waals surface area contributed by atoms with Crippen molar-refractivity contribution in [1.29, 1.82) is 0 Å². The predicted molar refractivity (Wildman–Crippen MR) is 135 cm³/mol. The molecule has 3 aromatic carbocycles. The van der Waals surface area contributed by atoms with E-state index in [9.17, 15) is 9.59 Å². The molecule has 0 aliphatic carbocycles. The Balaban J connectivity index is 1.39. The zero-order chi connectivity index (χ0) is 25.0. The Morgan fingerprint density at radius 2 is 1.49 bits per heavy atom. The van der Waals surface area contributed by atoms with Crippen LogP contribution in [0.2, 0.25) is 5.02 Å². The van der Waals surface area contributed by atoms with Gasteiger partial charge in [0.15, 0.2) is 12.1 Å². The summed E-state index contributed by atoms with van der Waals surface area (Å²) in [6, 6.07) is 20.6. The van der Waals surface area contributed by atoms with Gasteiger partial charge in [0.25, 0.3) is 0 Å². The summed E-state index contributed by atoms with van der Waals surface area (Å²) >= 11 is 5.89. The first-order valence-corrected chi connectivity index (χ1v) is 11.5. The smallest absolute Gasteiger partial charge is 0.338 e. The van der Waals surface area contributed by atoms with E-state index >= 15 is 0 Å². The summed E-state index contributed by atoms with van der Waals surface area (Å²) in [5.74, 6) is -0.142. The van der Waals surface area contributed by atoms with Crippen LogP contribution in [0.3, 0.4) is 0 Å². The van der Waals surface area contributed by atoms with Crippen molar-refractivity contribution < 1.29 is 28.5 Å². The van der Waals surface area contributed by atoms with Crippen molar-refractivity contribution >= 4 is 29.4 Å². The van der Waals surface area contributed by atoms with E-state index in [1.807, 2.05) is 24.3 Å². The standard InChI is InChI=1S/C28H27ClO6/c1-3-21-8-14-24(15-9-21)34-18-16-32-20(2)33-17-19-35-28(31)26-7-5-4-6-25(26)27(30)22-10-12-23(29)13-11-22/h3-15,20H,1,16-19H2,2H3. The Morgan fingerprint density at radius 3 is 2.14 bits per heavy atom. The average molecular weight is 495 g/mol. The average Bonchev–Trinajstić information content (AvgIpc) is 2.89. The quantitative estimate of drug-likeness (QED) is 0.129. The van der Waals surface area contributed by atoms with Gasteiger partial charge in [-0.25, -0.2) is 4.79 Å². The van der Waals surface area contributed by atoms with Crippen molar-refractivity contribution in [3.05, 3.63) is 107 Å². The van der Waals surface area contributed by atoms with Gasteiger partial charge in [0.2, 0.25) is 0 Å². The lowest BCUT2D eigenvalue weighted by atomic mass is 9.98. The lowest BCUT2D eigenvalue weighted by molar-refractivity contribution is -0.140. The first-order valence-electron chi connectivity index (χ1n) is 11.1. The van der Waals surface area contributed by atoms with E-state index in [1.54, 1.807) is 61.5 Å². The minimum atomic E-state index is -0.601. The Labute approximate surface area is 210 Å². The number of esters is 1. The molecule has 3 aromatic rings. The molecule has 0 aliphatic heterocycles. The molecule has 1 atom stereocenters. The molecule has 35 heavy (non-hydrogen) atoms. The number of carbonyl (C=O) groups is 2. The Morgan fingerprint density at radius 1 is 0.857 bits per heavy atom. The second-order valence-electron chi connectivity index (χ2n) is 7.45. The van der Waals surface area contributed by atoms with Crippen LogP contribution >= 0.6 is 11.6 Å². The highest BCUT2D eigenvalue weighted by atomic mass is 35.5. The van der Waals surface area contributed by atoms with Crippen molar-refractivity contribution in [2.24, 2.45) is 0 Å². The van der Waals surface area contributed by atoms with Crippen LogP contribution in [-0.4, -0.2) is 44.5 Å². The zero-order valence-corrected chi connectivity index (χ0v) is 20.2. The molecule has 0 saturated carbocycles. The fourth-order valence-corrected chi connectivity index (χ4v) is 3.29. The molecule has 0 amide bonds. The molecule has 0 aliphatic rings. The topological polar surface area (TPSA) is 71.1 Å². The minimum absolute atomic E-state index is 0.0160. The van der Waals surface area contributed by atoms with E-state index in [-0.39, 0.29) is 30.1 Å². The minimum Gasteiger partial charge on any atom is -0.491 e. The molecule has 0 spiro atoms. The molecule has 0 bridgehead atoms. The molecule has 0 aromatic heterocycles. The molecule has 0 saturated heterocycles. The number of hydrogen-bond acceptors (Lipinski definition) is 6. The van der Waals surface area contributed by atoms with Gasteiger partial charge in [-0.3, -0.25) is 4.79 Å². The number of ketones is 1. The molecule has 1 unspecified atom stereocenters. The maximum atomic E-state index is 12.8. The Bertz CT molecular complexity index is 1120. The van der Waals surface area contributed by atoms with Gasteiger partial charge in [-0.05, 0) is 55.0 Å². The second kappa shape index (κ2) is 13.4. The number of hydrogen-bond donors (Lipinski definition) is 0. The normalized spacial score (nSPS) is 11.5. The van der Waals surface area contributed by atoms with Crippen molar-refractivity contribution in [2.75, 3.05) is 26.4 Å². The third-order valence-corrected chi connectivity index (χ3v) is 5.24. The third kappa shape index (κ3) is 8.07. The maximum Gasteiger partial charge on any atom is 0.338 e. The van der Waals surface area contributed by atoms with Gasteiger partial charge < -0.3 is 18.9 Å². The van der Waals surface area contributed by atoms with Gasteiger partial charge in [0.1, 0.15) is 19.0 Å². The number of carbonyl (C=O) groups excluding carboxylic acids is 2. The molecule has 0 radical (unpaired) electrons. The number of rotatable bonds is 13. The summed E-state index contributed by atoms with van der Waals surface area (Å²) in [5.41, 5.74) is 1.90. The lowest BCUT2D eigenvalue weighted by Gasteiger charge is -2.15. The summed E-state index contributed by atoms with van der Waals surface area (Å²) in [5, 5.41) is 0.526. The van der Waals surface area contributed by atoms with E-state index in [0.717, 1.165) is 11.3 Å². The van der Waals surface area contributed by atoms with Crippen LogP contribution in [0.1, 0.15) is 38.8 Å². The fraction of sp³-hybridized carbons (Fsp3) is 0.214. The van der Waals surface area contributed by atoms with Crippen LogP contribution in [0.4, 0.5) is 0 Å². The number of benzene rings is 3. The second-order valence-corrected chi connectivity index (χ2v) is 7.88. The van der Waals surface area contributed by atoms with E-state index in [4.69, 9.17) is 30.5 Å². The van der Waals surface area contributed by atoms with E-state index in [0.29, 0.717) is 23.8 Å². The molecule has 6 nitrogen and oxygen atoms in total. The molecule has 7 heteroatoms. The maximum absolute atomic E-state index is 12.8. The molecule has 3 rings (SSSR count). The van der Waals surface area contributed by atoms with Crippen LogP contribution in [0, 0.1) is 0 Å². The summed E-state index contributed by atoms with van der Waals surface area (Å²) in [4.78, 5) is 25.4. The molecule has 0 N–H and O–H groups in total. The fourth-order valence-electron chi connectivity index (χ4n) is 3.16. The van der Waals surface area contributed by atoms with Crippen molar-refractivity contribution in [3.63, 3.8) is 0 Å². The third-order valence-electron chi connectivity index (χ3n) is 4.99. The van der Waals surface area contributed by atoms with Crippen LogP contribution in [0.25, 0.3) is 6.08 Å². The van der Waals surface area contributed by atoms with Gasteiger partial charge in [-0.1, -0.05) is 54.6 Å². The summed E-state index contributed by atoms with van der Waals surface area (Å²) < 4.78 is 22.0. The van der Waals surface area contributed by atoms with Gasteiger partial charge >= 0.3 is 5.97 Å². The van der Waals surface area contributed by atoms with Crippen LogP contribution in [0.15, 0.2) is 79.4 Å². The number of ether oxygens (including phenoxy) is 4. The number of halogens is 1. The summed E-state index contributed by atoms with van der Waals surface area (Å²) in [6.45, 7) is 6.33. The Kier molecular flexibility index (Phi) is 10.0. The molecule has 0 heterocycles. The van der Waals surface area contributed by atoms with Crippen LogP contribution in [-0.2, 0) is 14.2 Å². The predicted octanol–water partition coefficient (Wildman–Crippen LogP) is 5.83.